The number of rotatable bonds is 3. The summed E-state index contributed by atoms with van der Waals surface area (Å²) in [5.74, 6) is -2.07. The van der Waals surface area contributed by atoms with Gasteiger partial charge in [-0.1, -0.05) is 42.0 Å². The molecule has 0 N–H and O–H groups in total. The lowest BCUT2D eigenvalue weighted by molar-refractivity contribution is 0.0975. The maximum absolute atomic E-state index is 13.7. The first-order valence-corrected chi connectivity index (χ1v) is 5.88. The van der Waals surface area contributed by atoms with Crippen LogP contribution in [0.5, 0.6) is 0 Å². The summed E-state index contributed by atoms with van der Waals surface area (Å²) >= 11 is 0. The molecule has 0 saturated heterocycles. The van der Waals surface area contributed by atoms with Gasteiger partial charge in [0.05, 0.1) is 11.6 Å². The van der Waals surface area contributed by atoms with Crippen LogP contribution in [0.4, 0.5) is 4.39 Å². The van der Waals surface area contributed by atoms with Gasteiger partial charge in [0.1, 0.15) is 11.7 Å². The van der Waals surface area contributed by atoms with Gasteiger partial charge in [0, 0.05) is 0 Å². The van der Waals surface area contributed by atoms with E-state index in [9.17, 15) is 14.4 Å². The number of nitrogens with zero attached hydrogens (tertiary/aromatic N) is 1. The second kappa shape index (κ2) is 5.45. The number of halogens is 1. The zero-order chi connectivity index (χ0) is 13.8. The van der Waals surface area contributed by atoms with Gasteiger partial charge >= 0.3 is 0 Å². The highest BCUT2D eigenvalue weighted by Gasteiger charge is 2.24. The Hall–Kier alpha value is -2.47. The highest BCUT2D eigenvalue weighted by atomic mass is 19.1. The van der Waals surface area contributed by atoms with Gasteiger partial charge in [0.15, 0.2) is 5.78 Å². The number of Topliss-reactive ketones (excluding diaryl/α,β-unsaturated/α-hetero) is 1. The van der Waals surface area contributed by atoms with Crippen LogP contribution in [0.1, 0.15) is 27.4 Å². The fourth-order valence-corrected chi connectivity index (χ4v) is 1.91. The molecule has 0 saturated carbocycles. The molecule has 0 aromatic heterocycles. The molecule has 94 valence electrons. The summed E-state index contributed by atoms with van der Waals surface area (Å²) in [6.45, 7) is 1.78. The summed E-state index contributed by atoms with van der Waals surface area (Å²) in [6.07, 6.45) is 0. The first-order valence-electron chi connectivity index (χ1n) is 5.88. The Bertz CT molecular complexity index is 644. The molecule has 0 aliphatic heterocycles. The average molecular weight is 253 g/mol. The van der Waals surface area contributed by atoms with Crippen LogP contribution in [0.15, 0.2) is 48.5 Å². The topological polar surface area (TPSA) is 40.9 Å². The summed E-state index contributed by atoms with van der Waals surface area (Å²) in [5.41, 5.74) is 1.33. The average Bonchev–Trinajstić information content (AvgIpc) is 2.43. The van der Waals surface area contributed by atoms with Gasteiger partial charge in [-0.3, -0.25) is 4.79 Å². The SMILES string of the molecule is Cc1ccc(F)c(C(=O)C(C#N)c2ccccc2)c1. The summed E-state index contributed by atoms with van der Waals surface area (Å²) in [5, 5.41) is 9.18. The Balaban J connectivity index is 2.43. The van der Waals surface area contributed by atoms with Crippen LogP contribution in [-0.4, -0.2) is 5.78 Å². The van der Waals surface area contributed by atoms with Crippen LogP contribution < -0.4 is 0 Å². The predicted octanol–water partition coefficient (Wildman–Crippen LogP) is 3.62. The fraction of sp³-hybridized carbons (Fsp3) is 0.125. The summed E-state index contributed by atoms with van der Waals surface area (Å²) < 4.78 is 13.7. The molecule has 2 nitrogen and oxygen atoms in total. The molecule has 1 unspecified atom stereocenters. The summed E-state index contributed by atoms with van der Waals surface area (Å²) in [7, 11) is 0. The van der Waals surface area contributed by atoms with Crippen molar-refractivity contribution >= 4 is 5.78 Å². The number of nitriles is 1. The molecule has 0 spiro atoms. The maximum atomic E-state index is 13.7. The first-order chi connectivity index (χ1) is 9.13. The number of hydrogen-bond donors (Lipinski definition) is 0. The maximum Gasteiger partial charge on any atom is 0.187 e. The number of aryl methyl sites for hydroxylation is 1. The van der Waals surface area contributed by atoms with E-state index in [1.54, 1.807) is 43.3 Å². The van der Waals surface area contributed by atoms with Crippen molar-refractivity contribution in [1.29, 1.82) is 5.26 Å². The van der Waals surface area contributed by atoms with Crippen molar-refractivity contribution in [2.24, 2.45) is 0 Å². The molecule has 2 rings (SSSR count). The standard InChI is InChI=1S/C16H12FNO/c1-11-7-8-15(17)13(9-11)16(19)14(10-18)12-5-3-2-4-6-12/h2-9,14H,1H3. The van der Waals surface area contributed by atoms with Crippen LogP contribution in [0.25, 0.3) is 0 Å². The number of ketones is 1. The Kier molecular flexibility index (Phi) is 3.72. The van der Waals surface area contributed by atoms with Gasteiger partial charge in [0.25, 0.3) is 0 Å². The molecular weight excluding hydrogens is 241 g/mol. The Labute approximate surface area is 111 Å². The molecule has 0 bridgehead atoms. The molecule has 0 amide bonds. The van der Waals surface area contributed by atoms with Gasteiger partial charge in [-0.2, -0.15) is 5.26 Å². The minimum Gasteiger partial charge on any atom is -0.292 e. The van der Waals surface area contributed by atoms with E-state index in [0.29, 0.717) is 5.56 Å². The van der Waals surface area contributed by atoms with E-state index in [2.05, 4.69) is 0 Å². The van der Waals surface area contributed by atoms with Gasteiger partial charge in [-0.25, -0.2) is 4.39 Å². The molecule has 0 fully saturated rings. The summed E-state index contributed by atoms with van der Waals surface area (Å²) in [6, 6.07) is 15.0. The van der Waals surface area contributed by atoms with E-state index >= 15 is 0 Å². The number of carbonyl (C=O) groups excluding carboxylic acids is 1. The van der Waals surface area contributed by atoms with Crippen LogP contribution in [0, 0.1) is 24.1 Å². The molecular formula is C16H12FNO. The fourth-order valence-electron chi connectivity index (χ4n) is 1.91. The molecule has 3 heteroatoms. The van der Waals surface area contributed by atoms with E-state index in [4.69, 9.17) is 0 Å². The molecule has 1 atom stereocenters. The lowest BCUT2D eigenvalue weighted by Gasteiger charge is -2.09. The normalized spacial score (nSPS) is 11.6. The van der Waals surface area contributed by atoms with Gasteiger partial charge in [0.2, 0.25) is 0 Å². The Morgan fingerprint density at radius 3 is 2.53 bits per heavy atom. The molecule has 0 aliphatic carbocycles. The Morgan fingerprint density at radius 2 is 1.89 bits per heavy atom. The van der Waals surface area contributed by atoms with E-state index in [1.165, 1.54) is 12.1 Å². The second-order valence-corrected chi connectivity index (χ2v) is 4.32. The van der Waals surface area contributed by atoms with E-state index in [-0.39, 0.29) is 5.56 Å². The van der Waals surface area contributed by atoms with Gasteiger partial charge < -0.3 is 0 Å². The highest BCUT2D eigenvalue weighted by molar-refractivity contribution is 6.03. The number of benzene rings is 2. The van der Waals surface area contributed by atoms with Crippen LogP contribution >= 0.6 is 0 Å². The Morgan fingerprint density at radius 1 is 1.21 bits per heavy atom. The van der Waals surface area contributed by atoms with Gasteiger partial charge in [-0.05, 0) is 24.6 Å². The van der Waals surface area contributed by atoms with Crippen molar-refractivity contribution in [3.8, 4) is 6.07 Å². The first kappa shape index (κ1) is 13.0. The smallest absolute Gasteiger partial charge is 0.187 e. The minimum atomic E-state index is -0.975. The van der Waals surface area contributed by atoms with Crippen molar-refractivity contribution in [3.05, 3.63) is 71.0 Å². The molecule has 2 aromatic rings. The number of carbonyl (C=O) groups is 1. The quantitative estimate of drug-likeness (QED) is 0.784. The van der Waals surface area contributed by atoms with E-state index < -0.39 is 17.5 Å². The molecule has 0 aliphatic rings. The van der Waals surface area contributed by atoms with Crippen molar-refractivity contribution in [1.82, 2.24) is 0 Å². The number of hydrogen-bond acceptors (Lipinski definition) is 2. The predicted molar refractivity (Wildman–Crippen MR) is 70.3 cm³/mol. The van der Waals surface area contributed by atoms with Gasteiger partial charge in [-0.15, -0.1) is 0 Å². The largest absolute Gasteiger partial charge is 0.292 e. The third-order valence-electron chi connectivity index (χ3n) is 2.91. The lowest BCUT2D eigenvalue weighted by atomic mass is 9.91. The van der Waals surface area contributed by atoms with E-state index in [0.717, 1.165) is 5.56 Å². The molecule has 2 aromatic carbocycles. The zero-order valence-electron chi connectivity index (χ0n) is 10.4. The lowest BCUT2D eigenvalue weighted by Crippen LogP contribution is -2.13. The van der Waals surface area contributed by atoms with Crippen LogP contribution in [0.3, 0.4) is 0 Å². The summed E-state index contributed by atoms with van der Waals surface area (Å²) in [4.78, 5) is 12.3. The monoisotopic (exact) mass is 253 g/mol. The van der Waals surface area contributed by atoms with E-state index in [1.807, 2.05) is 6.07 Å². The molecule has 19 heavy (non-hydrogen) atoms. The molecule has 0 radical (unpaired) electrons. The third kappa shape index (κ3) is 2.69. The van der Waals surface area contributed by atoms with Crippen molar-refractivity contribution in [3.63, 3.8) is 0 Å². The van der Waals surface area contributed by atoms with Crippen molar-refractivity contribution in [2.75, 3.05) is 0 Å². The third-order valence-corrected chi connectivity index (χ3v) is 2.91. The van der Waals surface area contributed by atoms with Crippen LogP contribution in [-0.2, 0) is 0 Å². The molecule has 0 heterocycles. The minimum absolute atomic E-state index is 0.0320. The van der Waals surface area contributed by atoms with Crippen LogP contribution in [0.2, 0.25) is 0 Å². The second-order valence-electron chi connectivity index (χ2n) is 4.32. The van der Waals surface area contributed by atoms with Crippen molar-refractivity contribution in [2.45, 2.75) is 12.8 Å². The zero-order valence-corrected chi connectivity index (χ0v) is 10.4. The van der Waals surface area contributed by atoms with Crippen molar-refractivity contribution < 1.29 is 9.18 Å². The highest BCUT2D eigenvalue weighted by Crippen LogP contribution is 2.22.